The van der Waals surface area contributed by atoms with E-state index in [1.807, 2.05) is 0 Å². The predicted molar refractivity (Wildman–Crippen MR) is 94.2 cm³/mol. The Labute approximate surface area is 146 Å². The molecule has 0 saturated carbocycles. The molecule has 0 atom stereocenters. The number of nitrogens with zero attached hydrogens (tertiary/aromatic N) is 2. The van der Waals surface area contributed by atoms with Gasteiger partial charge in [-0.15, -0.1) is 12.4 Å². The Morgan fingerprint density at radius 2 is 2.08 bits per heavy atom. The molecule has 2 aromatic rings. The van der Waals surface area contributed by atoms with Gasteiger partial charge >= 0.3 is 5.97 Å². The quantitative estimate of drug-likeness (QED) is 0.636. The monoisotopic (exact) mass is 352 g/mol. The van der Waals surface area contributed by atoms with Crippen molar-refractivity contribution < 1.29 is 14.3 Å². The fourth-order valence-electron chi connectivity index (χ4n) is 1.98. The van der Waals surface area contributed by atoms with Crippen molar-refractivity contribution in [3.63, 3.8) is 0 Å². The molecule has 2 rings (SSSR count). The molecule has 0 spiro atoms. The van der Waals surface area contributed by atoms with Crippen LogP contribution in [0.4, 0.5) is 11.4 Å². The van der Waals surface area contributed by atoms with Crippen molar-refractivity contribution in [3.8, 4) is 0 Å². The van der Waals surface area contributed by atoms with Crippen LogP contribution in [0.2, 0.25) is 0 Å². The molecule has 0 radical (unpaired) electrons. The minimum absolute atomic E-state index is 0. The number of benzene rings is 1. The first-order valence-electron chi connectivity index (χ1n) is 7.24. The molecule has 24 heavy (non-hydrogen) atoms. The number of anilines is 2. The van der Waals surface area contributed by atoms with Crippen LogP contribution in [0.25, 0.3) is 0 Å². The first kappa shape index (κ1) is 19.5. The summed E-state index contributed by atoms with van der Waals surface area (Å²) in [6.07, 6.45) is 3.06. The van der Waals surface area contributed by atoms with Crippen LogP contribution in [0.15, 0.2) is 36.7 Å². The Morgan fingerprint density at radius 1 is 1.38 bits per heavy atom. The van der Waals surface area contributed by atoms with Crippen LogP contribution in [0, 0.1) is 0 Å². The zero-order valence-corrected chi connectivity index (χ0v) is 14.6. The lowest BCUT2D eigenvalue weighted by Crippen LogP contribution is -2.37. The third kappa shape index (κ3) is 4.26. The maximum absolute atomic E-state index is 12.2. The number of ether oxygens (including phenoxy) is 1. The number of esters is 1. The average molecular weight is 353 g/mol. The van der Waals surface area contributed by atoms with Crippen LogP contribution in [-0.4, -0.2) is 28.3 Å². The smallest absolute Gasteiger partial charge is 0.333 e. The van der Waals surface area contributed by atoms with Gasteiger partial charge in [0.2, 0.25) is 0 Å². The molecule has 7 nitrogen and oxygen atoms in total. The van der Waals surface area contributed by atoms with Gasteiger partial charge in [-0.2, -0.15) is 5.10 Å². The highest BCUT2D eigenvalue weighted by Crippen LogP contribution is 2.19. The van der Waals surface area contributed by atoms with Crippen LogP contribution in [0.1, 0.15) is 31.1 Å². The van der Waals surface area contributed by atoms with Gasteiger partial charge in [0.15, 0.2) is 5.54 Å². The summed E-state index contributed by atoms with van der Waals surface area (Å²) in [5, 5.41) is 6.85. The number of hydrogen-bond acceptors (Lipinski definition) is 5. The second kappa shape index (κ2) is 7.83. The number of aromatic nitrogens is 2. The Hall–Kier alpha value is -2.54. The summed E-state index contributed by atoms with van der Waals surface area (Å²) in [6, 6.07) is 6.66. The molecule has 0 aliphatic heterocycles. The summed E-state index contributed by atoms with van der Waals surface area (Å²) < 4.78 is 6.49. The standard InChI is InChI=1S/C16H20N4O3.ClH/c1-4-23-15(22)16(2,3)20-10-13(9-18-20)19-14(21)11-6-5-7-12(17)8-11;/h5-10H,4,17H2,1-3H3,(H,19,21);1H. The maximum atomic E-state index is 12.2. The van der Waals surface area contributed by atoms with E-state index in [2.05, 4.69) is 10.4 Å². The van der Waals surface area contributed by atoms with Crippen LogP contribution >= 0.6 is 12.4 Å². The number of halogens is 1. The lowest BCUT2D eigenvalue weighted by Gasteiger charge is -2.22. The van der Waals surface area contributed by atoms with Crippen LogP contribution in [0.5, 0.6) is 0 Å². The topological polar surface area (TPSA) is 99.2 Å². The van der Waals surface area contributed by atoms with Gasteiger partial charge < -0.3 is 15.8 Å². The van der Waals surface area contributed by atoms with Crippen LogP contribution in [-0.2, 0) is 15.1 Å². The Bertz CT molecular complexity index is 728. The molecule has 3 N–H and O–H groups in total. The molecule has 0 unspecified atom stereocenters. The van der Waals surface area contributed by atoms with Crippen molar-refractivity contribution in [2.24, 2.45) is 0 Å². The number of carbonyl (C=O) groups excluding carboxylic acids is 2. The summed E-state index contributed by atoms with van der Waals surface area (Å²) in [7, 11) is 0. The van der Waals surface area contributed by atoms with Crippen molar-refractivity contribution >= 4 is 35.7 Å². The van der Waals surface area contributed by atoms with Gasteiger partial charge in [0.05, 0.1) is 18.5 Å². The number of nitrogens with two attached hydrogens (primary N) is 1. The van der Waals surface area contributed by atoms with E-state index in [0.29, 0.717) is 23.5 Å². The van der Waals surface area contributed by atoms with Gasteiger partial charge in [-0.3, -0.25) is 9.48 Å². The molecule has 0 aliphatic rings. The van der Waals surface area contributed by atoms with Crippen molar-refractivity contribution in [3.05, 3.63) is 42.2 Å². The second-order valence-electron chi connectivity index (χ2n) is 5.53. The van der Waals surface area contributed by atoms with Crippen molar-refractivity contribution in [2.75, 3.05) is 17.7 Å². The molecule has 0 saturated heterocycles. The molecular weight excluding hydrogens is 332 g/mol. The largest absolute Gasteiger partial charge is 0.464 e. The molecule has 1 aromatic carbocycles. The van der Waals surface area contributed by atoms with Crippen LogP contribution < -0.4 is 11.1 Å². The number of nitrogen functional groups attached to an aromatic ring is 1. The van der Waals surface area contributed by atoms with E-state index in [9.17, 15) is 9.59 Å². The summed E-state index contributed by atoms with van der Waals surface area (Å²) >= 11 is 0. The Kier molecular flexibility index (Phi) is 6.36. The highest BCUT2D eigenvalue weighted by atomic mass is 35.5. The zero-order chi connectivity index (χ0) is 17.0. The first-order valence-corrected chi connectivity index (χ1v) is 7.24. The molecule has 0 bridgehead atoms. The molecule has 1 amide bonds. The number of hydrogen-bond donors (Lipinski definition) is 2. The number of carbonyl (C=O) groups is 2. The van der Waals surface area contributed by atoms with E-state index in [-0.39, 0.29) is 18.3 Å². The molecular formula is C16H21ClN4O3. The van der Waals surface area contributed by atoms with Gasteiger partial charge in [0.25, 0.3) is 5.91 Å². The van der Waals surface area contributed by atoms with Crippen LogP contribution in [0.3, 0.4) is 0 Å². The molecule has 0 aliphatic carbocycles. The Morgan fingerprint density at radius 3 is 2.71 bits per heavy atom. The van der Waals surface area contributed by atoms with Gasteiger partial charge in [0, 0.05) is 17.4 Å². The third-order valence-corrected chi connectivity index (χ3v) is 3.34. The number of amides is 1. The normalized spacial score (nSPS) is 10.6. The summed E-state index contributed by atoms with van der Waals surface area (Å²) in [5.41, 5.74) is 6.14. The third-order valence-electron chi connectivity index (χ3n) is 3.34. The highest BCUT2D eigenvalue weighted by molar-refractivity contribution is 6.04. The minimum Gasteiger partial charge on any atom is -0.464 e. The fourth-order valence-corrected chi connectivity index (χ4v) is 1.98. The highest BCUT2D eigenvalue weighted by Gasteiger charge is 2.32. The van der Waals surface area contributed by atoms with E-state index in [4.69, 9.17) is 10.5 Å². The predicted octanol–water partition coefficient (Wildman–Crippen LogP) is 2.44. The van der Waals surface area contributed by atoms with E-state index in [0.717, 1.165) is 0 Å². The van der Waals surface area contributed by atoms with Crippen molar-refractivity contribution in [1.29, 1.82) is 0 Å². The van der Waals surface area contributed by atoms with Crippen molar-refractivity contribution in [1.82, 2.24) is 9.78 Å². The summed E-state index contributed by atoms with van der Waals surface area (Å²) in [4.78, 5) is 24.1. The lowest BCUT2D eigenvalue weighted by atomic mass is 10.1. The molecule has 1 aromatic heterocycles. The minimum atomic E-state index is -0.962. The second-order valence-corrected chi connectivity index (χ2v) is 5.53. The van der Waals surface area contributed by atoms with Gasteiger partial charge in [-0.05, 0) is 39.0 Å². The zero-order valence-electron chi connectivity index (χ0n) is 13.8. The van der Waals surface area contributed by atoms with E-state index in [1.54, 1.807) is 51.2 Å². The van der Waals surface area contributed by atoms with Crippen molar-refractivity contribution in [2.45, 2.75) is 26.3 Å². The molecule has 1 heterocycles. The average Bonchev–Trinajstić information content (AvgIpc) is 2.96. The SMILES string of the molecule is CCOC(=O)C(C)(C)n1cc(NC(=O)c2cccc(N)c2)cn1.Cl. The van der Waals surface area contributed by atoms with E-state index >= 15 is 0 Å². The molecule has 8 heteroatoms. The molecule has 130 valence electrons. The lowest BCUT2D eigenvalue weighted by molar-refractivity contribution is -0.152. The molecule has 0 fully saturated rings. The maximum Gasteiger partial charge on any atom is 0.333 e. The van der Waals surface area contributed by atoms with Gasteiger partial charge in [0.1, 0.15) is 0 Å². The summed E-state index contributed by atoms with van der Waals surface area (Å²) in [5.74, 6) is -0.692. The Balaban J connectivity index is 0.00000288. The van der Waals surface area contributed by atoms with E-state index < -0.39 is 11.5 Å². The van der Waals surface area contributed by atoms with Gasteiger partial charge in [-0.25, -0.2) is 4.79 Å². The number of rotatable bonds is 5. The van der Waals surface area contributed by atoms with E-state index in [1.165, 1.54) is 10.9 Å². The summed E-state index contributed by atoms with van der Waals surface area (Å²) in [6.45, 7) is 5.43. The number of nitrogens with one attached hydrogen (secondary N) is 1. The van der Waals surface area contributed by atoms with Gasteiger partial charge in [-0.1, -0.05) is 6.07 Å². The fraction of sp³-hybridized carbons (Fsp3) is 0.312. The first-order chi connectivity index (χ1) is 10.8.